The zero-order valence-electron chi connectivity index (χ0n) is 10.4. The van der Waals surface area contributed by atoms with Crippen molar-refractivity contribution in [2.24, 2.45) is 0 Å². The van der Waals surface area contributed by atoms with Crippen molar-refractivity contribution in [3.8, 4) is 5.75 Å². The number of carboxylic acids is 1. The van der Waals surface area contributed by atoms with Crippen LogP contribution in [0.2, 0.25) is 10.0 Å². The number of hydrogen-bond acceptors (Lipinski definition) is 3. The molecule has 0 saturated carbocycles. The molecule has 0 aliphatic carbocycles. The number of carbonyl (C=O) groups is 2. The molecule has 0 unspecified atom stereocenters. The number of aromatic hydroxyl groups is 1. The van der Waals surface area contributed by atoms with Crippen LogP contribution in [0.15, 0.2) is 36.4 Å². The van der Waals surface area contributed by atoms with Gasteiger partial charge in [0.2, 0.25) is 0 Å². The van der Waals surface area contributed by atoms with E-state index in [4.69, 9.17) is 28.3 Å². The number of anilines is 1. The maximum atomic E-state index is 12.1. The number of carbonyl (C=O) groups excluding carboxylic acids is 1. The number of rotatable bonds is 3. The largest absolute Gasteiger partial charge is 0.507 e. The van der Waals surface area contributed by atoms with E-state index >= 15 is 0 Å². The molecule has 0 fully saturated rings. The molecule has 0 aromatic heterocycles. The van der Waals surface area contributed by atoms with Crippen molar-refractivity contribution in [2.45, 2.75) is 0 Å². The highest BCUT2D eigenvalue weighted by atomic mass is 35.5. The summed E-state index contributed by atoms with van der Waals surface area (Å²) in [6.07, 6.45) is 0. The Balaban J connectivity index is 2.39. The third-order valence-corrected chi connectivity index (χ3v) is 3.23. The average molecular weight is 326 g/mol. The van der Waals surface area contributed by atoms with E-state index in [-0.39, 0.29) is 32.6 Å². The van der Waals surface area contributed by atoms with Crippen molar-refractivity contribution in [3.63, 3.8) is 0 Å². The van der Waals surface area contributed by atoms with Crippen LogP contribution in [-0.2, 0) is 0 Å². The second-order valence-corrected chi connectivity index (χ2v) is 4.93. The van der Waals surface area contributed by atoms with Gasteiger partial charge in [0.1, 0.15) is 11.3 Å². The number of phenolic OH excluding ortho intramolecular Hbond substituents is 1. The molecule has 1 amide bonds. The molecule has 108 valence electrons. The molecule has 0 atom stereocenters. The molecule has 0 saturated heterocycles. The monoisotopic (exact) mass is 325 g/mol. The summed E-state index contributed by atoms with van der Waals surface area (Å²) >= 11 is 11.6. The lowest BCUT2D eigenvalue weighted by Crippen LogP contribution is -2.15. The first kappa shape index (κ1) is 15.2. The standard InChI is InChI=1S/C14H9Cl2NO4/c15-7-4-5-11(18)8(6-7)13(19)17-10-3-1-2-9(16)12(10)14(20)21/h1-6,18H,(H,17,19)(H,20,21). The predicted octanol–water partition coefficient (Wildman–Crippen LogP) is 3.65. The molecular weight excluding hydrogens is 317 g/mol. The second kappa shape index (κ2) is 6.03. The summed E-state index contributed by atoms with van der Waals surface area (Å²) in [7, 11) is 0. The Morgan fingerprint density at radius 2 is 1.81 bits per heavy atom. The molecule has 3 N–H and O–H groups in total. The molecule has 0 aliphatic rings. The van der Waals surface area contributed by atoms with Gasteiger partial charge in [0.05, 0.1) is 16.3 Å². The third-order valence-electron chi connectivity index (χ3n) is 2.68. The van der Waals surface area contributed by atoms with Crippen LogP contribution in [-0.4, -0.2) is 22.1 Å². The van der Waals surface area contributed by atoms with E-state index in [1.54, 1.807) is 0 Å². The van der Waals surface area contributed by atoms with E-state index in [2.05, 4.69) is 5.32 Å². The summed E-state index contributed by atoms with van der Waals surface area (Å²) in [5, 5.41) is 21.4. The Morgan fingerprint density at radius 3 is 2.48 bits per heavy atom. The number of amides is 1. The Hall–Kier alpha value is -2.24. The number of benzene rings is 2. The van der Waals surface area contributed by atoms with Crippen LogP contribution in [0.5, 0.6) is 5.75 Å². The van der Waals surface area contributed by atoms with E-state index in [1.807, 2.05) is 0 Å². The van der Waals surface area contributed by atoms with Gasteiger partial charge in [0, 0.05) is 5.02 Å². The first-order valence-electron chi connectivity index (χ1n) is 5.72. The summed E-state index contributed by atoms with van der Waals surface area (Å²) in [6, 6.07) is 8.27. The Morgan fingerprint density at radius 1 is 1.10 bits per heavy atom. The number of phenols is 1. The molecule has 0 aliphatic heterocycles. The van der Waals surface area contributed by atoms with E-state index in [0.717, 1.165) is 0 Å². The van der Waals surface area contributed by atoms with Crippen molar-refractivity contribution in [2.75, 3.05) is 5.32 Å². The number of halogens is 2. The number of hydrogen-bond donors (Lipinski definition) is 3. The SMILES string of the molecule is O=C(Nc1cccc(Cl)c1C(=O)O)c1cc(Cl)ccc1O. The zero-order valence-corrected chi connectivity index (χ0v) is 11.9. The van der Waals surface area contributed by atoms with Gasteiger partial charge in [0.25, 0.3) is 5.91 Å². The summed E-state index contributed by atoms with van der Waals surface area (Å²) in [5.74, 6) is -2.23. The lowest BCUT2D eigenvalue weighted by atomic mass is 10.1. The van der Waals surface area contributed by atoms with Crippen LogP contribution in [0.3, 0.4) is 0 Å². The van der Waals surface area contributed by atoms with Gasteiger partial charge in [-0.1, -0.05) is 29.3 Å². The second-order valence-electron chi connectivity index (χ2n) is 4.08. The first-order chi connectivity index (χ1) is 9.90. The summed E-state index contributed by atoms with van der Waals surface area (Å²) in [5.41, 5.74) is -0.271. The molecule has 0 bridgehead atoms. The van der Waals surface area contributed by atoms with Crippen molar-refractivity contribution in [1.82, 2.24) is 0 Å². The maximum absolute atomic E-state index is 12.1. The van der Waals surface area contributed by atoms with Gasteiger partial charge in [-0.3, -0.25) is 4.79 Å². The minimum Gasteiger partial charge on any atom is -0.507 e. The smallest absolute Gasteiger partial charge is 0.339 e. The van der Waals surface area contributed by atoms with Crippen LogP contribution in [0.25, 0.3) is 0 Å². The van der Waals surface area contributed by atoms with E-state index < -0.39 is 11.9 Å². The maximum Gasteiger partial charge on any atom is 0.339 e. The molecule has 2 aromatic carbocycles. The molecule has 0 spiro atoms. The van der Waals surface area contributed by atoms with Gasteiger partial charge in [0.15, 0.2) is 0 Å². The van der Waals surface area contributed by atoms with Crippen molar-refractivity contribution in [3.05, 3.63) is 57.6 Å². The molecule has 2 aromatic rings. The fourth-order valence-electron chi connectivity index (χ4n) is 1.73. The predicted molar refractivity (Wildman–Crippen MR) is 79.5 cm³/mol. The van der Waals surface area contributed by atoms with Crippen LogP contribution in [0.4, 0.5) is 5.69 Å². The fraction of sp³-hybridized carbons (Fsp3) is 0. The Kier molecular flexibility index (Phi) is 4.35. The molecule has 7 heteroatoms. The van der Waals surface area contributed by atoms with Crippen LogP contribution in [0, 0.1) is 0 Å². The minimum absolute atomic E-state index is 0.00406. The van der Waals surface area contributed by atoms with Crippen LogP contribution < -0.4 is 5.32 Å². The summed E-state index contributed by atoms with van der Waals surface area (Å²) in [6.45, 7) is 0. The van der Waals surface area contributed by atoms with Crippen molar-refractivity contribution in [1.29, 1.82) is 0 Å². The number of aromatic carboxylic acids is 1. The van der Waals surface area contributed by atoms with Gasteiger partial charge in [-0.25, -0.2) is 4.79 Å². The van der Waals surface area contributed by atoms with Gasteiger partial charge < -0.3 is 15.5 Å². The molecular formula is C14H9Cl2NO4. The van der Waals surface area contributed by atoms with Gasteiger partial charge in [-0.2, -0.15) is 0 Å². The van der Waals surface area contributed by atoms with E-state index in [9.17, 15) is 14.7 Å². The summed E-state index contributed by atoms with van der Waals surface area (Å²) in [4.78, 5) is 23.3. The fourth-order valence-corrected chi connectivity index (χ4v) is 2.15. The average Bonchev–Trinajstić information content (AvgIpc) is 2.41. The zero-order chi connectivity index (χ0) is 15.6. The number of nitrogens with one attached hydrogen (secondary N) is 1. The quantitative estimate of drug-likeness (QED) is 0.803. The Labute approximate surface area is 129 Å². The molecule has 2 rings (SSSR count). The molecule has 0 radical (unpaired) electrons. The van der Waals surface area contributed by atoms with Crippen LogP contribution in [0.1, 0.15) is 20.7 Å². The lowest BCUT2D eigenvalue weighted by Gasteiger charge is -2.10. The highest BCUT2D eigenvalue weighted by Crippen LogP contribution is 2.27. The molecule has 21 heavy (non-hydrogen) atoms. The molecule has 0 heterocycles. The van der Waals surface area contributed by atoms with E-state index in [1.165, 1.54) is 36.4 Å². The first-order valence-corrected chi connectivity index (χ1v) is 6.47. The normalized spacial score (nSPS) is 10.2. The topological polar surface area (TPSA) is 86.6 Å². The highest BCUT2D eigenvalue weighted by Gasteiger charge is 2.18. The van der Waals surface area contributed by atoms with Gasteiger partial charge >= 0.3 is 5.97 Å². The van der Waals surface area contributed by atoms with Gasteiger partial charge in [-0.05, 0) is 30.3 Å². The van der Waals surface area contributed by atoms with Crippen molar-refractivity contribution < 1.29 is 19.8 Å². The van der Waals surface area contributed by atoms with Crippen LogP contribution >= 0.6 is 23.2 Å². The summed E-state index contributed by atoms with van der Waals surface area (Å²) < 4.78 is 0. The highest BCUT2D eigenvalue weighted by molar-refractivity contribution is 6.34. The van der Waals surface area contributed by atoms with E-state index in [0.29, 0.717) is 0 Å². The third kappa shape index (κ3) is 3.26. The van der Waals surface area contributed by atoms with Gasteiger partial charge in [-0.15, -0.1) is 0 Å². The molecule has 5 nitrogen and oxygen atoms in total. The Bertz CT molecular complexity index is 731. The van der Waals surface area contributed by atoms with Crippen molar-refractivity contribution >= 4 is 40.8 Å². The minimum atomic E-state index is -1.27. The number of carboxylic acid groups (broad SMARTS) is 1. The lowest BCUT2D eigenvalue weighted by molar-refractivity contribution is 0.0698.